The van der Waals surface area contributed by atoms with Crippen molar-refractivity contribution in [3.8, 4) is 0 Å². The second-order valence-electron chi connectivity index (χ2n) is 4.13. The van der Waals surface area contributed by atoms with Gasteiger partial charge in [-0.1, -0.05) is 0 Å². The minimum atomic E-state index is -4.38. The number of alkyl halides is 3. The Hall–Kier alpha value is -0.840. The largest absolute Gasteiger partial charge is 0.416 e. The van der Waals surface area contributed by atoms with Crippen LogP contribution in [0.25, 0.3) is 0 Å². The molecular weight excluding hydrogens is 266 g/mol. The lowest BCUT2D eigenvalue weighted by Crippen LogP contribution is -2.30. The zero-order valence-corrected chi connectivity index (χ0v) is 10.7. The van der Waals surface area contributed by atoms with E-state index in [2.05, 4.69) is 0 Å². The van der Waals surface area contributed by atoms with Gasteiger partial charge in [-0.25, -0.2) is 4.67 Å². The third-order valence-corrected chi connectivity index (χ3v) is 5.44. The van der Waals surface area contributed by atoms with Gasteiger partial charge in [0.15, 0.2) is 0 Å². The van der Waals surface area contributed by atoms with Crippen LogP contribution in [0.2, 0.25) is 0 Å². The van der Waals surface area contributed by atoms with Gasteiger partial charge in [-0.15, -0.1) is 0 Å². The van der Waals surface area contributed by atoms with E-state index in [0.717, 1.165) is 18.6 Å². The number of benzene rings is 1. The fourth-order valence-electron chi connectivity index (χ4n) is 1.82. The molecule has 0 radical (unpaired) electrons. The van der Waals surface area contributed by atoms with Gasteiger partial charge < -0.3 is 4.52 Å². The van der Waals surface area contributed by atoms with Crippen molar-refractivity contribution in [1.29, 1.82) is 0 Å². The first kappa shape index (κ1) is 13.6. The summed E-state index contributed by atoms with van der Waals surface area (Å²) >= 11 is 0. The quantitative estimate of drug-likeness (QED) is 0.740. The highest BCUT2D eigenvalue weighted by Crippen LogP contribution is 2.51. The van der Waals surface area contributed by atoms with Crippen molar-refractivity contribution in [3.63, 3.8) is 0 Å². The average molecular weight is 279 g/mol. The summed E-state index contributed by atoms with van der Waals surface area (Å²) in [4.78, 5) is 0. The fourth-order valence-corrected chi connectivity index (χ4v) is 3.87. The highest BCUT2D eigenvalue weighted by molar-refractivity contribution is 7.64. The van der Waals surface area contributed by atoms with E-state index in [0.29, 0.717) is 18.5 Å². The molecule has 7 heteroatoms. The first-order chi connectivity index (χ1) is 8.34. The summed E-state index contributed by atoms with van der Waals surface area (Å²) in [5.41, 5.74) is -0.752. The monoisotopic (exact) mass is 279 g/mol. The van der Waals surface area contributed by atoms with Crippen molar-refractivity contribution < 1.29 is 22.3 Å². The van der Waals surface area contributed by atoms with Crippen LogP contribution >= 0.6 is 7.52 Å². The van der Waals surface area contributed by atoms with Crippen molar-refractivity contribution in [2.24, 2.45) is 0 Å². The number of nitrogens with zero attached hydrogens (tertiary/aromatic N) is 1. The Morgan fingerprint density at radius 2 is 1.89 bits per heavy atom. The molecule has 1 aliphatic rings. The molecule has 0 bridgehead atoms. The van der Waals surface area contributed by atoms with Gasteiger partial charge in [0.1, 0.15) is 0 Å². The summed E-state index contributed by atoms with van der Waals surface area (Å²) in [5, 5.41) is 0.303. The summed E-state index contributed by atoms with van der Waals surface area (Å²) in [6.07, 6.45) is -3.62. The first-order valence-electron chi connectivity index (χ1n) is 5.48. The van der Waals surface area contributed by atoms with Crippen molar-refractivity contribution >= 4 is 12.8 Å². The molecule has 1 unspecified atom stereocenters. The summed E-state index contributed by atoms with van der Waals surface area (Å²) < 4.78 is 56.7. The average Bonchev–Trinajstić information content (AvgIpc) is 2.32. The van der Waals surface area contributed by atoms with Crippen LogP contribution in [0, 0.1) is 0 Å². The summed E-state index contributed by atoms with van der Waals surface area (Å²) in [6.45, 7) is 0.973. The molecule has 0 aliphatic carbocycles. The van der Waals surface area contributed by atoms with Crippen molar-refractivity contribution in [2.75, 3.05) is 20.2 Å². The standard InChI is InChI=1S/C11H13F3NO2P/c1-15-7-2-8-17-18(15,16)10-5-3-9(4-6-10)11(12,13)14/h3-6H,2,7-8H2,1H3. The van der Waals surface area contributed by atoms with Gasteiger partial charge >= 0.3 is 13.7 Å². The molecule has 1 saturated heterocycles. The third kappa shape index (κ3) is 2.46. The highest BCUT2D eigenvalue weighted by Gasteiger charge is 2.36. The number of hydrogen-bond acceptors (Lipinski definition) is 2. The lowest BCUT2D eigenvalue weighted by atomic mass is 10.2. The molecule has 2 rings (SSSR count). The second kappa shape index (κ2) is 4.68. The molecule has 1 heterocycles. The van der Waals surface area contributed by atoms with E-state index in [1.54, 1.807) is 11.7 Å². The van der Waals surface area contributed by atoms with Crippen LogP contribution in [0.3, 0.4) is 0 Å². The Morgan fingerprint density at radius 3 is 2.39 bits per heavy atom. The van der Waals surface area contributed by atoms with Crippen LogP contribution in [-0.4, -0.2) is 24.9 Å². The predicted molar refractivity (Wildman–Crippen MR) is 61.9 cm³/mol. The molecule has 0 saturated carbocycles. The zero-order chi connectivity index (χ0) is 13.4. The molecule has 1 fully saturated rings. The molecule has 1 aromatic rings. The molecule has 3 nitrogen and oxygen atoms in total. The van der Waals surface area contributed by atoms with Gasteiger partial charge in [-0.2, -0.15) is 13.2 Å². The second-order valence-corrected chi connectivity index (χ2v) is 6.63. The summed E-state index contributed by atoms with van der Waals surface area (Å²) in [7, 11) is -1.51. The fraction of sp³-hybridized carbons (Fsp3) is 0.455. The van der Waals surface area contributed by atoms with Gasteiger partial charge in [-0.05, 0) is 37.7 Å². The number of halogens is 3. The van der Waals surface area contributed by atoms with Crippen LogP contribution in [0.4, 0.5) is 13.2 Å². The van der Waals surface area contributed by atoms with E-state index in [-0.39, 0.29) is 0 Å². The van der Waals surface area contributed by atoms with Crippen LogP contribution < -0.4 is 5.30 Å². The van der Waals surface area contributed by atoms with Crippen molar-refractivity contribution in [3.05, 3.63) is 29.8 Å². The first-order valence-corrected chi connectivity index (χ1v) is 7.06. The molecule has 1 aliphatic heterocycles. The van der Waals surface area contributed by atoms with Gasteiger partial charge in [0.25, 0.3) is 0 Å². The van der Waals surface area contributed by atoms with Crippen LogP contribution in [0.15, 0.2) is 24.3 Å². The van der Waals surface area contributed by atoms with Crippen molar-refractivity contribution in [2.45, 2.75) is 12.6 Å². The van der Waals surface area contributed by atoms with Crippen LogP contribution in [-0.2, 0) is 15.3 Å². The van der Waals surface area contributed by atoms with E-state index in [1.807, 2.05) is 0 Å². The highest BCUT2D eigenvalue weighted by atomic mass is 31.2. The molecule has 1 atom stereocenters. The SMILES string of the molecule is CN1CCCOP1(=O)c1ccc(C(F)(F)F)cc1. The molecule has 100 valence electrons. The Bertz CT molecular complexity index is 472. The Kier molecular flexibility index (Phi) is 3.54. The van der Waals surface area contributed by atoms with Gasteiger partial charge in [0.05, 0.1) is 17.5 Å². The van der Waals surface area contributed by atoms with Gasteiger partial charge in [-0.3, -0.25) is 4.57 Å². The number of hydrogen-bond donors (Lipinski definition) is 0. The van der Waals surface area contributed by atoms with Gasteiger partial charge in [0, 0.05) is 6.54 Å². The van der Waals surface area contributed by atoms with E-state index >= 15 is 0 Å². The topological polar surface area (TPSA) is 29.5 Å². The van der Waals surface area contributed by atoms with E-state index in [4.69, 9.17) is 4.52 Å². The molecular formula is C11H13F3NO2P. The predicted octanol–water partition coefficient (Wildman–Crippen LogP) is 2.88. The van der Waals surface area contributed by atoms with Crippen molar-refractivity contribution in [1.82, 2.24) is 4.67 Å². The normalized spacial score (nSPS) is 26.2. The molecule has 0 aromatic heterocycles. The number of rotatable bonds is 1. The zero-order valence-electron chi connectivity index (χ0n) is 9.78. The Balaban J connectivity index is 2.32. The van der Waals surface area contributed by atoms with Crippen LogP contribution in [0.5, 0.6) is 0 Å². The molecule has 0 spiro atoms. The maximum absolute atomic E-state index is 12.5. The minimum Gasteiger partial charge on any atom is -0.314 e. The molecule has 0 N–H and O–H groups in total. The summed E-state index contributed by atoms with van der Waals surface area (Å²) in [6, 6.07) is 4.32. The molecule has 18 heavy (non-hydrogen) atoms. The van der Waals surface area contributed by atoms with E-state index in [1.165, 1.54) is 12.1 Å². The Morgan fingerprint density at radius 1 is 1.28 bits per heavy atom. The van der Waals surface area contributed by atoms with Crippen LogP contribution in [0.1, 0.15) is 12.0 Å². The smallest absolute Gasteiger partial charge is 0.314 e. The molecule has 0 amide bonds. The minimum absolute atomic E-state index is 0.303. The maximum Gasteiger partial charge on any atom is 0.416 e. The molecule has 1 aromatic carbocycles. The Labute approximate surface area is 103 Å². The summed E-state index contributed by atoms with van der Waals surface area (Å²) in [5.74, 6) is 0. The lowest BCUT2D eigenvalue weighted by Gasteiger charge is -2.32. The van der Waals surface area contributed by atoms with Gasteiger partial charge in [0.2, 0.25) is 0 Å². The lowest BCUT2D eigenvalue weighted by molar-refractivity contribution is -0.137. The maximum atomic E-state index is 12.5. The van der Waals surface area contributed by atoms with E-state index < -0.39 is 19.3 Å². The van der Waals surface area contributed by atoms with E-state index in [9.17, 15) is 17.7 Å². The third-order valence-electron chi connectivity index (χ3n) is 2.86.